The SMILES string of the molecule is CC(C)(C)[P+](c1ccccc1)(C(C)(C)C)C(C)(C)C. The summed E-state index contributed by atoms with van der Waals surface area (Å²) in [6.07, 6.45) is 0. The van der Waals surface area contributed by atoms with Crippen molar-refractivity contribution < 1.29 is 0 Å². The summed E-state index contributed by atoms with van der Waals surface area (Å²) in [5.41, 5.74) is 0. The van der Waals surface area contributed by atoms with Gasteiger partial charge in [-0.3, -0.25) is 0 Å². The van der Waals surface area contributed by atoms with Gasteiger partial charge in [0.1, 0.15) is 0 Å². The molecular weight excluding hydrogens is 247 g/mol. The molecule has 0 spiro atoms. The molecule has 0 fully saturated rings. The Kier molecular flexibility index (Phi) is 4.29. The number of hydrogen-bond acceptors (Lipinski definition) is 0. The Morgan fingerprint density at radius 2 is 0.895 bits per heavy atom. The molecule has 0 atom stereocenters. The molecule has 0 saturated carbocycles. The highest BCUT2D eigenvalue weighted by Gasteiger charge is 2.65. The predicted molar refractivity (Wildman–Crippen MR) is 92.3 cm³/mol. The van der Waals surface area contributed by atoms with Crippen molar-refractivity contribution in [2.24, 2.45) is 0 Å². The highest BCUT2D eigenvalue weighted by Crippen LogP contribution is 2.82. The molecule has 108 valence electrons. The summed E-state index contributed by atoms with van der Waals surface area (Å²) in [4.78, 5) is 0. The Labute approximate surface area is 121 Å². The van der Waals surface area contributed by atoms with Crippen molar-refractivity contribution in [3.05, 3.63) is 30.3 Å². The third kappa shape index (κ3) is 2.62. The van der Waals surface area contributed by atoms with Gasteiger partial charge in [-0.1, -0.05) is 18.2 Å². The number of rotatable bonds is 1. The number of benzene rings is 1. The normalized spacial score (nSPS) is 14.6. The van der Waals surface area contributed by atoms with E-state index in [1.54, 1.807) is 5.30 Å². The summed E-state index contributed by atoms with van der Waals surface area (Å²) in [7, 11) is -1.40. The van der Waals surface area contributed by atoms with Gasteiger partial charge in [0.2, 0.25) is 0 Å². The Morgan fingerprint density at radius 3 is 1.16 bits per heavy atom. The van der Waals surface area contributed by atoms with Crippen LogP contribution in [0.5, 0.6) is 0 Å². The molecule has 0 aliphatic heterocycles. The van der Waals surface area contributed by atoms with Crippen LogP contribution in [-0.2, 0) is 0 Å². The van der Waals surface area contributed by atoms with Gasteiger partial charge in [-0.25, -0.2) is 0 Å². The average Bonchev–Trinajstić information content (AvgIpc) is 2.12. The summed E-state index contributed by atoms with van der Waals surface area (Å²) < 4.78 is 0. The van der Waals surface area contributed by atoms with Crippen LogP contribution in [0.1, 0.15) is 62.3 Å². The summed E-state index contributed by atoms with van der Waals surface area (Å²) in [6.45, 7) is 21.9. The van der Waals surface area contributed by atoms with E-state index in [0.29, 0.717) is 15.5 Å². The van der Waals surface area contributed by atoms with E-state index in [-0.39, 0.29) is 0 Å². The van der Waals surface area contributed by atoms with E-state index in [9.17, 15) is 0 Å². The van der Waals surface area contributed by atoms with Gasteiger partial charge in [0.05, 0.1) is 28.0 Å². The van der Waals surface area contributed by atoms with Crippen molar-refractivity contribution in [3.8, 4) is 0 Å². The van der Waals surface area contributed by atoms with Crippen molar-refractivity contribution in [2.75, 3.05) is 0 Å². The molecule has 0 heterocycles. The molecule has 1 aromatic rings. The zero-order valence-electron chi connectivity index (χ0n) is 14.3. The minimum Gasteiger partial charge on any atom is -0.0620 e. The van der Waals surface area contributed by atoms with Gasteiger partial charge >= 0.3 is 0 Å². The third-order valence-corrected chi connectivity index (χ3v) is 11.3. The molecule has 0 unspecified atom stereocenters. The molecule has 0 aliphatic rings. The van der Waals surface area contributed by atoms with E-state index in [0.717, 1.165) is 0 Å². The average molecular weight is 279 g/mol. The van der Waals surface area contributed by atoms with E-state index in [1.807, 2.05) is 0 Å². The highest BCUT2D eigenvalue weighted by atomic mass is 31.2. The van der Waals surface area contributed by atoms with E-state index in [4.69, 9.17) is 0 Å². The first-order valence-electron chi connectivity index (χ1n) is 7.31. The molecule has 0 aliphatic carbocycles. The summed E-state index contributed by atoms with van der Waals surface area (Å²) in [5, 5.41) is 2.46. The Hall–Kier alpha value is -0.350. The molecule has 19 heavy (non-hydrogen) atoms. The smallest absolute Gasteiger partial charge is 0.0620 e. The van der Waals surface area contributed by atoms with Gasteiger partial charge in [0, 0.05) is 0 Å². The molecule has 1 aromatic carbocycles. The minimum absolute atomic E-state index is 0.296. The van der Waals surface area contributed by atoms with Gasteiger partial charge in [0.15, 0.2) is 0 Å². The molecule has 0 nitrogen and oxygen atoms in total. The van der Waals surface area contributed by atoms with E-state index < -0.39 is 7.26 Å². The minimum atomic E-state index is -1.40. The lowest BCUT2D eigenvalue weighted by Crippen LogP contribution is -2.49. The molecule has 1 heteroatoms. The zero-order chi connectivity index (χ0) is 15.1. The zero-order valence-corrected chi connectivity index (χ0v) is 15.2. The van der Waals surface area contributed by atoms with Crippen molar-refractivity contribution in [1.29, 1.82) is 0 Å². The summed E-state index contributed by atoms with van der Waals surface area (Å²) in [6, 6.07) is 11.2. The Balaban J connectivity index is 3.76. The third-order valence-electron chi connectivity index (χ3n) is 4.16. The van der Waals surface area contributed by atoms with E-state index in [2.05, 4.69) is 92.6 Å². The van der Waals surface area contributed by atoms with Gasteiger partial charge < -0.3 is 0 Å². The van der Waals surface area contributed by atoms with Crippen LogP contribution >= 0.6 is 7.26 Å². The van der Waals surface area contributed by atoms with Crippen LogP contribution < -0.4 is 5.30 Å². The van der Waals surface area contributed by atoms with Gasteiger partial charge in [-0.2, -0.15) is 0 Å². The van der Waals surface area contributed by atoms with Crippen LogP contribution in [0.15, 0.2) is 30.3 Å². The van der Waals surface area contributed by atoms with Crippen molar-refractivity contribution in [1.82, 2.24) is 0 Å². The molecular formula is C18H32P+. The fraction of sp³-hybridized carbons (Fsp3) is 0.667. The first kappa shape index (κ1) is 16.7. The fourth-order valence-electron chi connectivity index (χ4n) is 4.83. The molecule has 0 bridgehead atoms. The molecule has 0 radical (unpaired) electrons. The second kappa shape index (κ2) is 4.88. The largest absolute Gasteiger partial charge is 0.0956 e. The van der Waals surface area contributed by atoms with Crippen LogP contribution in [0.2, 0.25) is 0 Å². The lowest BCUT2D eigenvalue weighted by atomic mass is 10.2. The van der Waals surface area contributed by atoms with Crippen LogP contribution in [0.25, 0.3) is 0 Å². The Morgan fingerprint density at radius 1 is 0.579 bits per heavy atom. The molecule has 0 N–H and O–H groups in total. The first-order valence-corrected chi connectivity index (χ1v) is 9.09. The maximum Gasteiger partial charge on any atom is 0.0956 e. The number of hydrogen-bond donors (Lipinski definition) is 0. The predicted octanol–water partition coefficient (Wildman–Crippen LogP) is 5.73. The summed E-state index contributed by atoms with van der Waals surface area (Å²) in [5.74, 6) is 0. The van der Waals surface area contributed by atoms with Gasteiger partial charge in [-0.05, 0) is 74.4 Å². The van der Waals surface area contributed by atoms with E-state index in [1.165, 1.54) is 0 Å². The first-order chi connectivity index (χ1) is 8.36. The standard InChI is InChI=1S/C18H32P/c1-16(2,3)19(17(4,5)6,18(7,8)9)15-13-11-10-12-14-15/h10-14H,1-9H3/q+1. The maximum absolute atomic E-state index is 2.43. The van der Waals surface area contributed by atoms with Crippen LogP contribution in [-0.4, -0.2) is 15.5 Å². The van der Waals surface area contributed by atoms with Crippen LogP contribution in [0.3, 0.4) is 0 Å². The van der Waals surface area contributed by atoms with Gasteiger partial charge in [0.25, 0.3) is 0 Å². The lowest BCUT2D eigenvalue weighted by molar-refractivity contribution is 0.629. The quantitative estimate of drug-likeness (QED) is 0.576. The lowest BCUT2D eigenvalue weighted by Gasteiger charge is -2.54. The molecule has 0 aromatic heterocycles. The monoisotopic (exact) mass is 279 g/mol. The van der Waals surface area contributed by atoms with Crippen molar-refractivity contribution in [3.63, 3.8) is 0 Å². The second-order valence-electron chi connectivity index (χ2n) is 8.52. The van der Waals surface area contributed by atoms with Crippen molar-refractivity contribution >= 4 is 12.6 Å². The molecule has 0 saturated heterocycles. The van der Waals surface area contributed by atoms with Gasteiger partial charge in [-0.15, -0.1) is 0 Å². The highest BCUT2D eigenvalue weighted by molar-refractivity contribution is 7.86. The van der Waals surface area contributed by atoms with Crippen LogP contribution in [0, 0.1) is 0 Å². The fourth-order valence-corrected chi connectivity index (χ4v) is 13.8. The topological polar surface area (TPSA) is 0 Å². The maximum atomic E-state index is 2.43. The second-order valence-corrected chi connectivity index (χ2v) is 14.4. The molecule has 1 rings (SSSR count). The summed E-state index contributed by atoms with van der Waals surface area (Å²) >= 11 is 0. The molecule has 0 amide bonds. The Bertz CT molecular complexity index is 374. The van der Waals surface area contributed by atoms with E-state index >= 15 is 0 Å². The van der Waals surface area contributed by atoms with Crippen LogP contribution in [0.4, 0.5) is 0 Å². The van der Waals surface area contributed by atoms with Crippen molar-refractivity contribution in [2.45, 2.75) is 77.8 Å².